The molecular weight excluding hydrogens is 344 g/mol. The third-order valence-electron chi connectivity index (χ3n) is 3.11. The highest BCUT2D eigenvalue weighted by molar-refractivity contribution is 7.86. The summed E-state index contributed by atoms with van der Waals surface area (Å²) in [6.07, 6.45) is 2.82. The molecule has 0 aliphatic carbocycles. The highest BCUT2D eigenvalue weighted by Crippen LogP contribution is 2.26. The highest BCUT2D eigenvalue weighted by Gasteiger charge is 2.15. The van der Waals surface area contributed by atoms with Gasteiger partial charge in [-0.15, -0.1) is 0 Å². The second-order valence-corrected chi connectivity index (χ2v) is 8.39. The smallest absolute Gasteiger partial charge is 0.264 e. The van der Waals surface area contributed by atoms with E-state index in [2.05, 4.69) is 0 Å². The molecule has 0 aromatic heterocycles. The van der Waals surface area contributed by atoms with Crippen molar-refractivity contribution in [3.63, 3.8) is 0 Å². The molecule has 0 saturated heterocycles. The molecule has 0 fully saturated rings. The van der Waals surface area contributed by atoms with Gasteiger partial charge in [0, 0.05) is 0 Å². The van der Waals surface area contributed by atoms with E-state index in [1.54, 1.807) is 19.2 Å². The number of benzene rings is 1. The van der Waals surface area contributed by atoms with Crippen LogP contribution in [0.5, 0.6) is 5.75 Å². The van der Waals surface area contributed by atoms with E-state index in [9.17, 15) is 16.8 Å². The van der Waals surface area contributed by atoms with E-state index in [1.807, 2.05) is 12.1 Å². The van der Waals surface area contributed by atoms with E-state index in [4.69, 9.17) is 13.1 Å². The van der Waals surface area contributed by atoms with Crippen molar-refractivity contribution in [3.05, 3.63) is 29.8 Å². The van der Waals surface area contributed by atoms with Crippen LogP contribution in [0.4, 0.5) is 0 Å². The first kappa shape index (κ1) is 19.9. The first-order chi connectivity index (χ1) is 10.6. The molecule has 1 aromatic carbocycles. The average molecular weight is 366 g/mol. The number of hydrogen-bond donors (Lipinski definition) is 0. The first-order valence-electron chi connectivity index (χ1n) is 6.93. The van der Waals surface area contributed by atoms with Gasteiger partial charge in [-0.3, -0.25) is 8.37 Å². The molecule has 9 heteroatoms. The van der Waals surface area contributed by atoms with E-state index in [1.165, 1.54) is 0 Å². The van der Waals surface area contributed by atoms with Crippen molar-refractivity contribution in [3.8, 4) is 5.75 Å². The summed E-state index contributed by atoms with van der Waals surface area (Å²) in [5.41, 5.74) is 0.931. The molecule has 7 nitrogen and oxygen atoms in total. The van der Waals surface area contributed by atoms with Crippen LogP contribution in [-0.2, 0) is 28.6 Å². The molecule has 0 bridgehead atoms. The predicted molar refractivity (Wildman–Crippen MR) is 86.6 cm³/mol. The summed E-state index contributed by atoms with van der Waals surface area (Å²) in [6, 6.07) is 7.28. The molecule has 132 valence electrons. The summed E-state index contributed by atoms with van der Waals surface area (Å²) in [4.78, 5) is 0. The van der Waals surface area contributed by atoms with Crippen molar-refractivity contribution in [2.24, 2.45) is 0 Å². The Labute approximate surface area is 137 Å². The Kier molecular flexibility index (Phi) is 7.46. The van der Waals surface area contributed by atoms with Crippen molar-refractivity contribution < 1.29 is 29.9 Å². The fourth-order valence-corrected chi connectivity index (χ4v) is 2.84. The second kappa shape index (κ2) is 8.62. The Morgan fingerprint density at radius 3 is 1.65 bits per heavy atom. The second-order valence-electron chi connectivity index (χ2n) is 5.10. The Bertz CT molecular complexity index is 640. The molecule has 0 spiro atoms. The standard InChI is InChI=1S/C14H22O7S2/c1-19-14-6-4-12(5-7-14)13(8-10-20-22(2,15)16)9-11-21-23(3,17)18/h4-7,13H,8-11H2,1-3H3. The van der Waals surface area contributed by atoms with Gasteiger partial charge in [0.05, 0.1) is 32.8 Å². The molecule has 0 amide bonds. The Hall–Kier alpha value is -1.16. The van der Waals surface area contributed by atoms with E-state index < -0.39 is 20.2 Å². The Morgan fingerprint density at radius 1 is 0.870 bits per heavy atom. The monoisotopic (exact) mass is 366 g/mol. The van der Waals surface area contributed by atoms with E-state index in [0.29, 0.717) is 18.6 Å². The molecule has 1 aromatic rings. The molecule has 0 heterocycles. The maximum atomic E-state index is 11.0. The lowest BCUT2D eigenvalue weighted by Gasteiger charge is -2.17. The summed E-state index contributed by atoms with van der Waals surface area (Å²) in [7, 11) is -5.45. The molecule has 0 unspecified atom stereocenters. The summed E-state index contributed by atoms with van der Waals surface area (Å²) in [5.74, 6) is 0.608. The molecule has 0 N–H and O–H groups in total. The quantitative estimate of drug-likeness (QED) is 0.579. The van der Waals surface area contributed by atoms with E-state index >= 15 is 0 Å². The third-order valence-corrected chi connectivity index (χ3v) is 4.30. The van der Waals surface area contributed by atoms with Crippen LogP contribution in [-0.4, -0.2) is 49.7 Å². The Balaban J connectivity index is 2.73. The van der Waals surface area contributed by atoms with Crippen LogP contribution in [0.2, 0.25) is 0 Å². The van der Waals surface area contributed by atoms with Crippen LogP contribution in [0.1, 0.15) is 24.3 Å². The number of rotatable bonds is 10. The molecule has 0 radical (unpaired) electrons. The minimum Gasteiger partial charge on any atom is -0.497 e. The third kappa shape index (κ3) is 8.89. The minimum absolute atomic E-state index is 0.0222. The van der Waals surface area contributed by atoms with Crippen LogP contribution < -0.4 is 4.74 Å². The topological polar surface area (TPSA) is 96.0 Å². The summed E-state index contributed by atoms with van der Waals surface area (Å²) in [5, 5.41) is 0. The summed E-state index contributed by atoms with van der Waals surface area (Å²) < 4.78 is 58.8. The minimum atomic E-state index is -3.50. The summed E-state index contributed by atoms with van der Waals surface area (Å²) >= 11 is 0. The predicted octanol–water partition coefficient (Wildman–Crippen LogP) is 1.51. The maximum Gasteiger partial charge on any atom is 0.264 e. The van der Waals surface area contributed by atoms with Crippen LogP contribution >= 0.6 is 0 Å². The van der Waals surface area contributed by atoms with Crippen LogP contribution in [0.25, 0.3) is 0 Å². The first-order valence-corrected chi connectivity index (χ1v) is 10.6. The van der Waals surface area contributed by atoms with Crippen molar-refractivity contribution in [1.82, 2.24) is 0 Å². The molecule has 1 rings (SSSR count). The SMILES string of the molecule is COc1ccc(C(CCOS(C)(=O)=O)CCOS(C)(=O)=O)cc1. The van der Waals surface area contributed by atoms with Crippen molar-refractivity contribution in [2.45, 2.75) is 18.8 Å². The lowest BCUT2D eigenvalue weighted by Crippen LogP contribution is -2.12. The van der Waals surface area contributed by atoms with Gasteiger partial charge in [-0.05, 0) is 36.5 Å². The highest BCUT2D eigenvalue weighted by atomic mass is 32.2. The molecule has 0 aliphatic rings. The lowest BCUT2D eigenvalue weighted by atomic mass is 9.93. The van der Waals surface area contributed by atoms with Crippen molar-refractivity contribution in [2.75, 3.05) is 32.8 Å². The largest absolute Gasteiger partial charge is 0.497 e. The molecule has 0 atom stereocenters. The number of ether oxygens (including phenoxy) is 1. The molecule has 0 saturated carbocycles. The van der Waals surface area contributed by atoms with Crippen LogP contribution in [0, 0.1) is 0 Å². The van der Waals surface area contributed by atoms with E-state index in [0.717, 1.165) is 18.1 Å². The van der Waals surface area contributed by atoms with Crippen LogP contribution in [0.3, 0.4) is 0 Å². The van der Waals surface area contributed by atoms with Gasteiger partial charge in [0.25, 0.3) is 20.2 Å². The van der Waals surface area contributed by atoms with Crippen molar-refractivity contribution >= 4 is 20.2 Å². The van der Waals surface area contributed by atoms with E-state index in [-0.39, 0.29) is 19.1 Å². The van der Waals surface area contributed by atoms with Gasteiger partial charge in [-0.25, -0.2) is 0 Å². The van der Waals surface area contributed by atoms with Gasteiger partial charge in [0.2, 0.25) is 0 Å². The van der Waals surface area contributed by atoms with Gasteiger partial charge < -0.3 is 4.74 Å². The zero-order valence-corrected chi connectivity index (χ0v) is 15.0. The van der Waals surface area contributed by atoms with Gasteiger partial charge in [0.15, 0.2) is 0 Å². The van der Waals surface area contributed by atoms with Crippen molar-refractivity contribution in [1.29, 1.82) is 0 Å². The summed E-state index contributed by atoms with van der Waals surface area (Å²) in [6.45, 7) is 0.0445. The Morgan fingerprint density at radius 2 is 1.30 bits per heavy atom. The molecule has 0 aliphatic heterocycles. The fourth-order valence-electron chi connectivity index (χ4n) is 2.04. The zero-order valence-electron chi connectivity index (χ0n) is 13.4. The van der Waals surface area contributed by atoms with Gasteiger partial charge >= 0.3 is 0 Å². The number of hydrogen-bond acceptors (Lipinski definition) is 7. The molecule has 23 heavy (non-hydrogen) atoms. The maximum absolute atomic E-state index is 11.0. The van der Waals surface area contributed by atoms with Gasteiger partial charge in [-0.2, -0.15) is 16.8 Å². The zero-order chi connectivity index (χ0) is 17.5. The fraction of sp³-hybridized carbons (Fsp3) is 0.571. The number of methoxy groups -OCH3 is 1. The van der Waals surface area contributed by atoms with Gasteiger partial charge in [-0.1, -0.05) is 12.1 Å². The average Bonchev–Trinajstić information content (AvgIpc) is 2.43. The van der Waals surface area contributed by atoms with Gasteiger partial charge in [0.1, 0.15) is 5.75 Å². The normalized spacial score (nSPS) is 12.5. The molecular formula is C14H22O7S2. The van der Waals surface area contributed by atoms with Crippen LogP contribution in [0.15, 0.2) is 24.3 Å². The lowest BCUT2D eigenvalue weighted by molar-refractivity contribution is 0.271.